The number of para-hydroxylation sites is 2. The molecule has 2 heterocycles. The van der Waals surface area contributed by atoms with Crippen molar-refractivity contribution in [1.82, 2.24) is 14.8 Å². The third-order valence-corrected chi connectivity index (χ3v) is 6.06. The molecular formula is C24H24N4O2S. The quantitative estimate of drug-likeness (QED) is 0.367. The molecule has 2 aromatic heterocycles. The number of thioether (sulfide) groups is 1. The second-order valence-corrected chi connectivity index (χ2v) is 8.35. The molecule has 4 rings (SSSR count). The zero-order chi connectivity index (χ0) is 21.8. The highest BCUT2D eigenvalue weighted by Crippen LogP contribution is 2.32. The monoisotopic (exact) mass is 432 g/mol. The fourth-order valence-electron chi connectivity index (χ4n) is 3.45. The zero-order valence-corrected chi connectivity index (χ0v) is 18.5. The third kappa shape index (κ3) is 4.27. The van der Waals surface area contributed by atoms with Crippen LogP contribution in [0.5, 0.6) is 0 Å². The van der Waals surface area contributed by atoms with Gasteiger partial charge in [0, 0.05) is 17.9 Å². The molecule has 1 amide bonds. The van der Waals surface area contributed by atoms with Gasteiger partial charge in [0.25, 0.3) is 0 Å². The summed E-state index contributed by atoms with van der Waals surface area (Å²) >= 11 is 1.40. The minimum Gasteiger partial charge on any atom is -0.469 e. The first-order valence-electron chi connectivity index (χ1n) is 10.2. The first-order valence-corrected chi connectivity index (χ1v) is 11.1. The Morgan fingerprint density at radius 3 is 2.35 bits per heavy atom. The van der Waals surface area contributed by atoms with Crippen molar-refractivity contribution < 1.29 is 9.21 Å². The Hall–Kier alpha value is -3.32. The number of amides is 1. The highest BCUT2D eigenvalue weighted by Gasteiger charge is 2.26. The number of furan rings is 1. The molecule has 6 nitrogen and oxygen atoms in total. The van der Waals surface area contributed by atoms with E-state index in [1.54, 1.807) is 11.2 Å². The molecule has 0 N–H and O–H groups in total. The number of benzene rings is 2. The lowest BCUT2D eigenvalue weighted by Gasteiger charge is -2.24. The van der Waals surface area contributed by atoms with E-state index in [1.165, 1.54) is 11.8 Å². The Morgan fingerprint density at radius 1 is 1.06 bits per heavy atom. The van der Waals surface area contributed by atoms with Gasteiger partial charge >= 0.3 is 0 Å². The van der Waals surface area contributed by atoms with E-state index in [2.05, 4.69) is 10.2 Å². The molecule has 31 heavy (non-hydrogen) atoms. The molecule has 4 aromatic rings. The van der Waals surface area contributed by atoms with Crippen LogP contribution in [0.2, 0.25) is 0 Å². The Kier molecular flexibility index (Phi) is 6.23. The van der Waals surface area contributed by atoms with Gasteiger partial charge in [-0.1, -0.05) is 48.2 Å². The SMILES string of the molecule is CCN(C(=O)C(C)Sc1nnc(-c2ccoc2C)n1-c1ccccc1)c1ccccc1. The summed E-state index contributed by atoms with van der Waals surface area (Å²) in [6, 6.07) is 21.5. The van der Waals surface area contributed by atoms with E-state index in [0.717, 1.165) is 22.7 Å². The van der Waals surface area contributed by atoms with E-state index < -0.39 is 0 Å². The first kappa shape index (κ1) is 20.9. The summed E-state index contributed by atoms with van der Waals surface area (Å²) in [6.45, 7) is 6.38. The van der Waals surface area contributed by atoms with Gasteiger partial charge < -0.3 is 9.32 Å². The average Bonchev–Trinajstić information content (AvgIpc) is 3.41. The van der Waals surface area contributed by atoms with E-state index >= 15 is 0 Å². The predicted molar refractivity (Wildman–Crippen MR) is 124 cm³/mol. The van der Waals surface area contributed by atoms with Gasteiger partial charge in [-0.3, -0.25) is 9.36 Å². The molecule has 0 aliphatic heterocycles. The summed E-state index contributed by atoms with van der Waals surface area (Å²) < 4.78 is 7.46. The molecule has 0 aliphatic rings. The lowest BCUT2D eigenvalue weighted by atomic mass is 10.2. The smallest absolute Gasteiger partial charge is 0.240 e. The fourth-order valence-corrected chi connectivity index (χ4v) is 4.38. The lowest BCUT2D eigenvalue weighted by Crippen LogP contribution is -2.36. The molecule has 0 spiro atoms. The molecule has 0 aliphatic carbocycles. The zero-order valence-electron chi connectivity index (χ0n) is 17.7. The summed E-state index contributed by atoms with van der Waals surface area (Å²) in [4.78, 5) is 15.0. The molecule has 158 valence electrons. The molecule has 1 unspecified atom stereocenters. The number of carbonyl (C=O) groups excluding carboxylic acids is 1. The maximum Gasteiger partial charge on any atom is 0.240 e. The van der Waals surface area contributed by atoms with Crippen molar-refractivity contribution in [3.8, 4) is 17.1 Å². The second kappa shape index (κ2) is 9.22. The van der Waals surface area contributed by atoms with Crippen LogP contribution in [0.25, 0.3) is 17.1 Å². The Bertz CT molecular complexity index is 1150. The highest BCUT2D eigenvalue weighted by atomic mass is 32.2. The summed E-state index contributed by atoms with van der Waals surface area (Å²) in [7, 11) is 0. The van der Waals surface area contributed by atoms with Crippen LogP contribution in [0.4, 0.5) is 5.69 Å². The number of carbonyl (C=O) groups is 1. The molecule has 0 bridgehead atoms. The second-order valence-electron chi connectivity index (χ2n) is 7.05. The first-order chi connectivity index (χ1) is 15.1. The van der Waals surface area contributed by atoms with Gasteiger partial charge in [0.05, 0.1) is 17.1 Å². The van der Waals surface area contributed by atoms with E-state index in [1.807, 2.05) is 92.1 Å². The number of hydrogen-bond acceptors (Lipinski definition) is 5. The number of anilines is 1. The van der Waals surface area contributed by atoms with Crippen LogP contribution in [0.1, 0.15) is 19.6 Å². The van der Waals surface area contributed by atoms with Crippen molar-refractivity contribution in [2.45, 2.75) is 31.2 Å². The molecule has 0 fully saturated rings. The number of nitrogens with zero attached hydrogens (tertiary/aromatic N) is 4. The highest BCUT2D eigenvalue weighted by molar-refractivity contribution is 8.00. The minimum absolute atomic E-state index is 0.0300. The summed E-state index contributed by atoms with van der Waals surface area (Å²) in [5.41, 5.74) is 2.70. The Morgan fingerprint density at radius 2 is 1.74 bits per heavy atom. The summed E-state index contributed by atoms with van der Waals surface area (Å²) in [5, 5.41) is 9.19. The average molecular weight is 433 g/mol. The molecule has 0 saturated carbocycles. The third-order valence-electron chi connectivity index (χ3n) is 5.03. The lowest BCUT2D eigenvalue weighted by molar-refractivity contribution is -0.117. The molecule has 7 heteroatoms. The van der Waals surface area contributed by atoms with Crippen molar-refractivity contribution in [2.75, 3.05) is 11.4 Å². The largest absolute Gasteiger partial charge is 0.469 e. The van der Waals surface area contributed by atoms with Gasteiger partial charge in [0.1, 0.15) is 5.76 Å². The van der Waals surface area contributed by atoms with Crippen LogP contribution in [0.3, 0.4) is 0 Å². The minimum atomic E-state index is -0.342. The van der Waals surface area contributed by atoms with Gasteiger partial charge in [-0.15, -0.1) is 10.2 Å². The summed E-state index contributed by atoms with van der Waals surface area (Å²) in [6.07, 6.45) is 1.65. The molecule has 0 radical (unpaired) electrons. The van der Waals surface area contributed by atoms with Crippen LogP contribution in [-0.2, 0) is 4.79 Å². The molecular weight excluding hydrogens is 408 g/mol. The van der Waals surface area contributed by atoms with Crippen LogP contribution >= 0.6 is 11.8 Å². The van der Waals surface area contributed by atoms with Crippen LogP contribution < -0.4 is 4.90 Å². The van der Waals surface area contributed by atoms with Gasteiger partial charge in [0.2, 0.25) is 5.91 Å². The molecule has 0 saturated heterocycles. The van der Waals surface area contributed by atoms with Crippen LogP contribution in [0, 0.1) is 6.92 Å². The fraction of sp³-hybridized carbons (Fsp3) is 0.208. The molecule has 1 atom stereocenters. The van der Waals surface area contributed by atoms with Crippen molar-refractivity contribution in [3.63, 3.8) is 0 Å². The van der Waals surface area contributed by atoms with E-state index in [0.29, 0.717) is 17.5 Å². The molecule has 2 aromatic carbocycles. The number of aryl methyl sites for hydroxylation is 1. The standard InChI is InChI=1S/C24H24N4O2S/c1-4-27(19-11-7-5-8-12-19)23(29)18(3)31-24-26-25-22(21-15-16-30-17(21)2)28(24)20-13-9-6-10-14-20/h5-16,18H,4H2,1-3H3. The number of rotatable bonds is 7. The van der Waals surface area contributed by atoms with Gasteiger partial charge in [-0.25, -0.2) is 0 Å². The van der Waals surface area contributed by atoms with Gasteiger partial charge in [-0.05, 0) is 51.1 Å². The van der Waals surface area contributed by atoms with Gasteiger partial charge in [0.15, 0.2) is 11.0 Å². The normalized spacial score (nSPS) is 12.0. The topological polar surface area (TPSA) is 64.2 Å². The Balaban J connectivity index is 1.68. The van der Waals surface area contributed by atoms with Crippen molar-refractivity contribution in [3.05, 3.63) is 78.8 Å². The van der Waals surface area contributed by atoms with Crippen molar-refractivity contribution in [1.29, 1.82) is 0 Å². The van der Waals surface area contributed by atoms with Crippen LogP contribution in [-0.4, -0.2) is 32.5 Å². The summed E-state index contributed by atoms with van der Waals surface area (Å²) in [5.74, 6) is 1.49. The Labute approximate surface area is 185 Å². The van der Waals surface area contributed by atoms with E-state index in [9.17, 15) is 4.79 Å². The predicted octanol–water partition coefficient (Wildman–Crippen LogP) is 5.37. The van der Waals surface area contributed by atoms with E-state index in [-0.39, 0.29) is 11.2 Å². The van der Waals surface area contributed by atoms with E-state index in [4.69, 9.17) is 4.42 Å². The van der Waals surface area contributed by atoms with Crippen molar-refractivity contribution >= 4 is 23.4 Å². The van der Waals surface area contributed by atoms with Gasteiger partial charge in [-0.2, -0.15) is 0 Å². The number of aromatic nitrogens is 3. The van der Waals surface area contributed by atoms with Crippen LogP contribution in [0.15, 0.2) is 82.6 Å². The maximum atomic E-state index is 13.2. The number of hydrogen-bond donors (Lipinski definition) is 0. The maximum absolute atomic E-state index is 13.2. The van der Waals surface area contributed by atoms with Crippen molar-refractivity contribution in [2.24, 2.45) is 0 Å².